The fourth-order valence-corrected chi connectivity index (χ4v) is 2.52. The number of nitrogens with two attached hydrogens (primary N) is 1. The van der Waals surface area contributed by atoms with Crippen LogP contribution in [-0.4, -0.2) is 18.1 Å². The molecule has 0 atom stereocenters. The largest absolute Gasteiger partial charge is 0.389 e. The highest BCUT2D eigenvalue weighted by molar-refractivity contribution is 9.10. The SMILES string of the molecule is CCN(CC1CC1)c1ccc(Br)cc1C(N)=S. The summed E-state index contributed by atoms with van der Waals surface area (Å²) >= 11 is 8.60. The van der Waals surface area contributed by atoms with Crippen molar-refractivity contribution in [1.82, 2.24) is 0 Å². The Labute approximate surface area is 116 Å². The maximum Gasteiger partial charge on any atom is 0.106 e. The summed E-state index contributed by atoms with van der Waals surface area (Å²) in [6, 6.07) is 6.16. The minimum absolute atomic E-state index is 0.468. The number of hydrogen-bond acceptors (Lipinski definition) is 2. The molecule has 0 heterocycles. The van der Waals surface area contributed by atoms with Gasteiger partial charge in [0.25, 0.3) is 0 Å². The summed E-state index contributed by atoms with van der Waals surface area (Å²) in [7, 11) is 0. The van der Waals surface area contributed by atoms with Gasteiger partial charge in [0.05, 0.1) is 0 Å². The van der Waals surface area contributed by atoms with Crippen LogP contribution in [0.1, 0.15) is 25.3 Å². The molecular weight excluding hydrogens is 296 g/mol. The van der Waals surface area contributed by atoms with Crippen LogP contribution < -0.4 is 10.6 Å². The molecule has 0 amide bonds. The van der Waals surface area contributed by atoms with E-state index in [-0.39, 0.29) is 0 Å². The Kier molecular flexibility index (Phi) is 4.05. The zero-order valence-electron chi connectivity index (χ0n) is 9.95. The molecule has 2 N–H and O–H groups in total. The molecule has 1 aromatic rings. The van der Waals surface area contributed by atoms with Crippen LogP contribution in [-0.2, 0) is 0 Å². The smallest absolute Gasteiger partial charge is 0.106 e. The minimum atomic E-state index is 0.468. The molecule has 1 aliphatic rings. The number of anilines is 1. The summed E-state index contributed by atoms with van der Waals surface area (Å²) in [6.45, 7) is 4.29. The number of hydrogen-bond donors (Lipinski definition) is 1. The van der Waals surface area contributed by atoms with Crippen molar-refractivity contribution < 1.29 is 0 Å². The van der Waals surface area contributed by atoms with E-state index < -0.39 is 0 Å². The Balaban J connectivity index is 2.30. The van der Waals surface area contributed by atoms with Crippen molar-refractivity contribution in [2.75, 3.05) is 18.0 Å². The second-order valence-corrected chi connectivity index (χ2v) is 5.86. The third-order valence-corrected chi connectivity index (χ3v) is 3.84. The van der Waals surface area contributed by atoms with Gasteiger partial charge < -0.3 is 10.6 Å². The summed E-state index contributed by atoms with van der Waals surface area (Å²) in [6.07, 6.45) is 2.71. The zero-order chi connectivity index (χ0) is 12.4. The van der Waals surface area contributed by atoms with Crippen molar-refractivity contribution in [2.24, 2.45) is 11.7 Å². The molecule has 2 rings (SSSR count). The molecule has 2 nitrogen and oxygen atoms in total. The molecule has 0 unspecified atom stereocenters. The molecule has 1 fully saturated rings. The van der Waals surface area contributed by atoms with Crippen molar-refractivity contribution in [2.45, 2.75) is 19.8 Å². The monoisotopic (exact) mass is 312 g/mol. The van der Waals surface area contributed by atoms with E-state index in [1.807, 2.05) is 12.1 Å². The van der Waals surface area contributed by atoms with Gasteiger partial charge in [-0.1, -0.05) is 28.1 Å². The first-order chi connectivity index (χ1) is 8.11. The highest BCUT2D eigenvalue weighted by Crippen LogP contribution is 2.33. The quantitative estimate of drug-likeness (QED) is 0.846. The van der Waals surface area contributed by atoms with Gasteiger partial charge in [0.15, 0.2) is 0 Å². The van der Waals surface area contributed by atoms with Crippen LogP contribution in [0.5, 0.6) is 0 Å². The van der Waals surface area contributed by atoms with Crippen LogP contribution in [0.3, 0.4) is 0 Å². The first-order valence-corrected chi connectivity index (χ1v) is 7.16. The summed E-state index contributed by atoms with van der Waals surface area (Å²) < 4.78 is 1.02. The highest BCUT2D eigenvalue weighted by Gasteiger charge is 2.25. The van der Waals surface area contributed by atoms with Gasteiger partial charge in [-0.15, -0.1) is 0 Å². The predicted molar refractivity (Wildman–Crippen MR) is 80.6 cm³/mol. The van der Waals surface area contributed by atoms with Crippen LogP contribution in [0.15, 0.2) is 22.7 Å². The van der Waals surface area contributed by atoms with E-state index >= 15 is 0 Å². The van der Waals surface area contributed by atoms with Crippen LogP contribution >= 0.6 is 28.1 Å². The van der Waals surface area contributed by atoms with E-state index in [2.05, 4.69) is 33.8 Å². The van der Waals surface area contributed by atoms with E-state index in [0.29, 0.717) is 4.99 Å². The molecule has 1 aliphatic carbocycles. The lowest BCUT2D eigenvalue weighted by Gasteiger charge is -2.25. The number of halogens is 1. The van der Waals surface area contributed by atoms with Crippen molar-refractivity contribution in [3.05, 3.63) is 28.2 Å². The third kappa shape index (κ3) is 3.19. The summed E-state index contributed by atoms with van der Waals surface area (Å²) in [5.41, 5.74) is 7.94. The van der Waals surface area contributed by atoms with Gasteiger partial charge in [-0.3, -0.25) is 0 Å². The fourth-order valence-electron chi connectivity index (χ4n) is 1.99. The van der Waals surface area contributed by atoms with E-state index in [0.717, 1.165) is 34.7 Å². The molecule has 0 radical (unpaired) electrons. The summed E-state index contributed by atoms with van der Waals surface area (Å²) in [5.74, 6) is 0.859. The average molecular weight is 313 g/mol. The van der Waals surface area contributed by atoms with Crippen LogP contribution in [0.25, 0.3) is 0 Å². The number of thiocarbonyl (C=S) groups is 1. The third-order valence-electron chi connectivity index (χ3n) is 3.12. The van der Waals surface area contributed by atoms with Crippen molar-refractivity contribution in [3.8, 4) is 0 Å². The number of benzene rings is 1. The summed E-state index contributed by atoms with van der Waals surface area (Å²) in [5, 5.41) is 0. The van der Waals surface area contributed by atoms with E-state index in [4.69, 9.17) is 18.0 Å². The van der Waals surface area contributed by atoms with Gasteiger partial charge in [0, 0.05) is 28.8 Å². The fraction of sp³-hybridized carbons (Fsp3) is 0.462. The molecule has 0 spiro atoms. The van der Waals surface area contributed by atoms with Gasteiger partial charge in [-0.2, -0.15) is 0 Å². The Morgan fingerprint density at radius 3 is 2.76 bits per heavy atom. The Bertz CT molecular complexity index is 429. The van der Waals surface area contributed by atoms with Gasteiger partial charge in [-0.25, -0.2) is 0 Å². The van der Waals surface area contributed by atoms with E-state index in [9.17, 15) is 0 Å². The maximum atomic E-state index is 5.81. The Morgan fingerprint density at radius 2 is 2.24 bits per heavy atom. The highest BCUT2D eigenvalue weighted by atomic mass is 79.9. The lowest BCUT2D eigenvalue weighted by molar-refractivity contribution is 0.741. The maximum absolute atomic E-state index is 5.81. The van der Waals surface area contributed by atoms with Crippen molar-refractivity contribution in [3.63, 3.8) is 0 Å². The molecule has 4 heteroatoms. The Morgan fingerprint density at radius 1 is 1.53 bits per heavy atom. The van der Waals surface area contributed by atoms with Gasteiger partial charge in [-0.05, 0) is 43.9 Å². The lowest BCUT2D eigenvalue weighted by atomic mass is 10.1. The molecule has 0 aliphatic heterocycles. The topological polar surface area (TPSA) is 29.3 Å². The molecule has 1 saturated carbocycles. The lowest BCUT2D eigenvalue weighted by Crippen LogP contribution is -2.28. The number of rotatable bonds is 5. The van der Waals surface area contributed by atoms with Gasteiger partial charge >= 0.3 is 0 Å². The van der Waals surface area contributed by atoms with Crippen LogP contribution in [0.4, 0.5) is 5.69 Å². The minimum Gasteiger partial charge on any atom is -0.389 e. The Hall–Kier alpha value is -0.610. The molecule has 0 saturated heterocycles. The van der Waals surface area contributed by atoms with E-state index in [1.165, 1.54) is 12.8 Å². The molecule has 0 bridgehead atoms. The standard InChI is InChI=1S/C13H17BrN2S/c1-2-16(8-9-3-4-9)12-6-5-10(14)7-11(12)13(15)17/h5-7,9H,2-4,8H2,1H3,(H2,15,17). The van der Waals surface area contributed by atoms with Gasteiger partial charge in [0.1, 0.15) is 4.99 Å². The van der Waals surface area contributed by atoms with Gasteiger partial charge in [0.2, 0.25) is 0 Å². The van der Waals surface area contributed by atoms with E-state index in [1.54, 1.807) is 0 Å². The van der Waals surface area contributed by atoms with Crippen molar-refractivity contribution >= 4 is 38.8 Å². The first kappa shape index (κ1) is 12.8. The predicted octanol–water partition coefficient (Wildman–Crippen LogP) is 3.32. The number of nitrogens with zero attached hydrogens (tertiary/aromatic N) is 1. The summed E-state index contributed by atoms with van der Waals surface area (Å²) in [4.78, 5) is 2.84. The van der Waals surface area contributed by atoms with Crippen molar-refractivity contribution in [1.29, 1.82) is 0 Å². The van der Waals surface area contributed by atoms with Crippen LogP contribution in [0.2, 0.25) is 0 Å². The van der Waals surface area contributed by atoms with Crippen LogP contribution in [0, 0.1) is 5.92 Å². The normalized spacial score (nSPS) is 14.7. The molecule has 92 valence electrons. The second-order valence-electron chi connectivity index (χ2n) is 4.51. The molecule has 0 aromatic heterocycles. The zero-order valence-corrected chi connectivity index (χ0v) is 12.4. The average Bonchev–Trinajstić information content (AvgIpc) is 3.10. The molecule has 17 heavy (non-hydrogen) atoms. The second kappa shape index (κ2) is 5.36. The first-order valence-electron chi connectivity index (χ1n) is 5.96. The molecule has 1 aromatic carbocycles. The molecular formula is C13H17BrN2S.